The van der Waals surface area contributed by atoms with Gasteiger partial charge >= 0.3 is 0 Å². The summed E-state index contributed by atoms with van der Waals surface area (Å²) in [4.78, 5) is 14.5. The highest BCUT2D eigenvalue weighted by Crippen LogP contribution is 2.33. The van der Waals surface area contributed by atoms with Gasteiger partial charge in [0.1, 0.15) is 11.9 Å². The lowest BCUT2D eigenvalue weighted by molar-refractivity contribution is -0.491. The number of nitrogens with two attached hydrogens (primary N) is 1. The van der Waals surface area contributed by atoms with Crippen LogP contribution in [0.3, 0.4) is 0 Å². The molecular formula is C22H22ClN5O4. The molecule has 10 heteroatoms. The zero-order chi connectivity index (χ0) is 22.5. The quantitative estimate of drug-likeness (QED) is 0.350. The molecule has 32 heavy (non-hydrogen) atoms. The predicted octanol–water partition coefficient (Wildman–Crippen LogP) is 4.42. The number of halogens is 1. The van der Waals surface area contributed by atoms with Gasteiger partial charge in [0.25, 0.3) is 0 Å². The van der Waals surface area contributed by atoms with Crippen molar-refractivity contribution in [2.45, 2.75) is 20.0 Å². The molecule has 0 aliphatic carbocycles. The van der Waals surface area contributed by atoms with E-state index >= 15 is 0 Å². The third kappa shape index (κ3) is 5.85. The van der Waals surface area contributed by atoms with Gasteiger partial charge in [-0.1, -0.05) is 0 Å². The van der Waals surface area contributed by atoms with Crippen molar-refractivity contribution < 1.29 is 14.8 Å². The van der Waals surface area contributed by atoms with Crippen LogP contribution in [0.1, 0.15) is 28.4 Å². The third-order valence-electron chi connectivity index (χ3n) is 4.57. The number of nitro groups is 1. The Bertz CT molecular complexity index is 1140. The molecule has 9 nitrogen and oxygen atoms in total. The van der Waals surface area contributed by atoms with E-state index in [1.54, 1.807) is 62.4 Å². The normalized spacial score (nSPS) is 11.1. The van der Waals surface area contributed by atoms with Crippen molar-refractivity contribution in [3.63, 3.8) is 0 Å². The smallest absolute Gasteiger partial charge is 0.233 e. The minimum atomic E-state index is -1.20. The topological polar surface area (TPSA) is 147 Å². The summed E-state index contributed by atoms with van der Waals surface area (Å²) >= 11 is 0. The van der Waals surface area contributed by atoms with Gasteiger partial charge in [0.15, 0.2) is 5.82 Å². The van der Waals surface area contributed by atoms with Crippen molar-refractivity contribution >= 4 is 29.6 Å². The number of benzene rings is 2. The molecule has 0 fully saturated rings. The van der Waals surface area contributed by atoms with E-state index < -0.39 is 17.6 Å². The van der Waals surface area contributed by atoms with E-state index in [2.05, 4.69) is 16.4 Å². The van der Waals surface area contributed by atoms with Crippen LogP contribution < -0.4 is 15.8 Å². The number of rotatable bonds is 7. The summed E-state index contributed by atoms with van der Waals surface area (Å²) < 4.78 is 5.96. The van der Waals surface area contributed by atoms with Crippen LogP contribution in [0.5, 0.6) is 11.6 Å². The molecule has 0 saturated heterocycles. The first-order valence-electron chi connectivity index (χ1n) is 9.39. The van der Waals surface area contributed by atoms with Gasteiger partial charge in [-0.3, -0.25) is 10.1 Å². The molecule has 0 spiro atoms. The summed E-state index contributed by atoms with van der Waals surface area (Å²) in [6.45, 7) is 3.01. The Hall–Kier alpha value is -3.87. The SMILES string of the molecule is Cc1cc(C(O)C[N+](=O)[O-])cc(C)c1Oc1ccc(N)c(Nc2ccc(C#N)cc2)n1.Cl. The van der Waals surface area contributed by atoms with Gasteiger partial charge in [-0.15, -0.1) is 12.4 Å². The molecule has 0 aliphatic rings. The Morgan fingerprint density at radius 2 is 1.84 bits per heavy atom. The van der Waals surface area contributed by atoms with E-state index in [4.69, 9.17) is 15.7 Å². The highest BCUT2D eigenvalue weighted by atomic mass is 35.5. The second-order valence-corrected chi connectivity index (χ2v) is 7.02. The number of pyridine rings is 1. The van der Waals surface area contributed by atoms with E-state index in [-0.39, 0.29) is 12.4 Å². The lowest BCUT2D eigenvalue weighted by atomic mass is 10.0. The molecule has 1 unspecified atom stereocenters. The molecule has 2 aromatic carbocycles. The number of aliphatic hydroxyl groups excluding tert-OH is 1. The summed E-state index contributed by atoms with van der Waals surface area (Å²) in [5.41, 5.74) is 9.56. The van der Waals surface area contributed by atoms with Gasteiger partial charge in [-0.05, 0) is 73.0 Å². The number of aliphatic hydroxyl groups is 1. The van der Waals surface area contributed by atoms with E-state index in [1.165, 1.54) is 0 Å². The highest BCUT2D eigenvalue weighted by molar-refractivity contribution is 5.85. The number of aromatic nitrogens is 1. The molecule has 1 aromatic heterocycles. The van der Waals surface area contributed by atoms with Crippen LogP contribution in [0.2, 0.25) is 0 Å². The lowest BCUT2D eigenvalue weighted by Gasteiger charge is -2.16. The fourth-order valence-corrected chi connectivity index (χ4v) is 3.06. The van der Waals surface area contributed by atoms with E-state index in [0.717, 1.165) is 0 Å². The van der Waals surface area contributed by atoms with E-state index in [1.807, 2.05) is 0 Å². The van der Waals surface area contributed by atoms with Crippen molar-refractivity contribution in [3.05, 3.63) is 80.9 Å². The molecule has 0 aliphatic heterocycles. The minimum Gasteiger partial charge on any atom is -0.438 e. The van der Waals surface area contributed by atoms with Crippen molar-refractivity contribution in [2.24, 2.45) is 0 Å². The highest BCUT2D eigenvalue weighted by Gasteiger charge is 2.18. The van der Waals surface area contributed by atoms with Crippen LogP contribution in [0.15, 0.2) is 48.5 Å². The van der Waals surface area contributed by atoms with Crippen LogP contribution in [0, 0.1) is 35.3 Å². The van der Waals surface area contributed by atoms with Crippen molar-refractivity contribution in [3.8, 4) is 17.7 Å². The number of nitrogen functional groups attached to an aromatic ring is 1. The largest absolute Gasteiger partial charge is 0.438 e. The summed E-state index contributed by atoms with van der Waals surface area (Å²) in [7, 11) is 0. The molecule has 3 aromatic rings. The molecule has 1 heterocycles. The summed E-state index contributed by atoms with van der Waals surface area (Å²) in [5, 5.41) is 32.7. The molecule has 0 amide bonds. The van der Waals surface area contributed by atoms with Gasteiger partial charge in [0, 0.05) is 16.7 Å². The molecule has 0 saturated carbocycles. The summed E-state index contributed by atoms with van der Waals surface area (Å²) in [6.07, 6.45) is -1.20. The number of nitrogens with zero attached hydrogens (tertiary/aromatic N) is 3. The van der Waals surface area contributed by atoms with E-state index in [0.29, 0.717) is 51.1 Å². The fraction of sp³-hybridized carbons (Fsp3) is 0.182. The maximum Gasteiger partial charge on any atom is 0.233 e. The van der Waals surface area contributed by atoms with Crippen molar-refractivity contribution in [1.82, 2.24) is 4.98 Å². The predicted molar refractivity (Wildman–Crippen MR) is 123 cm³/mol. The van der Waals surface area contributed by atoms with Crippen LogP contribution >= 0.6 is 12.4 Å². The maximum absolute atomic E-state index is 10.7. The number of ether oxygens (including phenoxy) is 1. The Morgan fingerprint density at radius 1 is 1.22 bits per heavy atom. The standard InChI is InChI=1S/C22H21N5O4.ClH/c1-13-9-16(19(28)12-27(29)30)10-14(2)21(13)31-20-8-7-18(24)22(26-20)25-17-5-3-15(11-23)4-6-17;/h3-10,19,28H,12,24H2,1-2H3,(H,25,26);1H. The fourth-order valence-electron chi connectivity index (χ4n) is 3.06. The molecule has 0 radical (unpaired) electrons. The average molecular weight is 456 g/mol. The number of anilines is 3. The first-order valence-corrected chi connectivity index (χ1v) is 9.39. The van der Waals surface area contributed by atoms with Gasteiger partial charge < -0.3 is 20.9 Å². The zero-order valence-electron chi connectivity index (χ0n) is 17.4. The van der Waals surface area contributed by atoms with Gasteiger partial charge in [-0.2, -0.15) is 10.2 Å². The molecule has 0 bridgehead atoms. The van der Waals surface area contributed by atoms with Gasteiger partial charge in [-0.25, -0.2) is 0 Å². The first-order chi connectivity index (χ1) is 14.8. The van der Waals surface area contributed by atoms with Crippen LogP contribution in [0.4, 0.5) is 17.2 Å². The molecule has 3 rings (SSSR count). The van der Waals surface area contributed by atoms with Crippen LogP contribution in [0.25, 0.3) is 0 Å². The molecule has 1 atom stereocenters. The number of hydrogen-bond donors (Lipinski definition) is 3. The van der Waals surface area contributed by atoms with Crippen LogP contribution in [-0.4, -0.2) is 21.6 Å². The van der Waals surface area contributed by atoms with E-state index in [9.17, 15) is 15.2 Å². The van der Waals surface area contributed by atoms with Crippen molar-refractivity contribution in [1.29, 1.82) is 5.26 Å². The Morgan fingerprint density at radius 3 is 2.41 bits per heavy atom. The number of nitriles is 1. The lowest BCUT2D eigenvalue weighted by Crippen LogP contribution is -2.12. The average Bonchev–Trinajstić information content (AvgIpc) is 2.72. The van der Waals surface area contributed by atoms with Gasteiger partial charge in [0.2, 0.25) is 12.4 Å². The number of nitrogens with one attached hydrogen (secondary N) is 1. The van der Waals surface area contributed by atoms with Crippen molar-refractivity contribution in [2.75, 3.05) is 17.6 Å². The monoisotopic (exact) mass is 455 g/mol. The number of aryl methyl sites for hydroxylation is 2. The zero-order valence-corrected chi connectivity index (χ0v) is 18.2. The first kappa shape index (κ1) is 24.4. The van der Waals surface area contributed by atoms with Crippen LogP contribution in [-0.2, 0) is 0 Å². The Labute approximate surface area is 191 Å². The second kappa shape index (κ2) is 10.4. The Balaban J connectivity index is 0.00000363. The maximum atomic E-state index is 10.7. The number of hydrogen-bond acceptors (Lipinski definition) is 8. The molecular weight excluding hydrogens is 434 g/mol. The van der Waals surface area contributed by atoms with Gasteiger partial charge in [0.05, 0.1) is 17.3 Å². The third-order valence-corrected chi connectivity index (χ3v) is 4.57. The summed E-state index contributed by atoms with van der Waals surface area (Å²) in [5.74, 6) is 1.24. The molecule has 166 valence electrons. The second-order valence-electron chi connectivity index (χ2n) is 7.02. The molecule has 4 N–H and O–H groups in total. The summed E-state index contributed by atoms with van der Waals surface area (Å²) in [6, 6.07) is 15.5. The minimum absolute atomic E-state index is 0. The Kier molecular flexibility index (Phi) is 7.96.